The lowest BCUT2D eigenvalue weighted by Gasteiger charge is -2.12. The van der Waals surface area contributed by atoms with Crippen LogP contribution in [0.15, 0.2) is 23.6 Å². The predicted molar refractivity (Wildman–Crippen MR) is 74.2 cm³/mol. The third-order valence-electron chi connectivity index (χ3n) is 3.61. The van der Waals surface area contributed by atoms with Crippen LogP contribution in [0.4, 0.5) is 17.6 Å². The normalized spacial score (nSPS) is 25.0. The van der Waals surface area contributed by atoms with E-state index in [4.69, 9.17) is 11.2 Å². The van der Waals surface area contributed by atoms with E-state index in [1.807, 2.05) is 33.8 Å². The maximum absolute atomic E-state index is 13.4. The second-order valence-corrected chi connectivity index (χ2v) is 6.12. The first-order valence-corrected chi connectivity index (χ1v) is 6.66. The Morgan fingerprint density at radius 1 is 1.36 bits per heavy atom. The highest BCUT2D eigenvalue weighted by Gasteiger charge is 2.61. The van der Waals surface area contributed by atoms with Crippen molar-refractivity contribution in [3.63, 3.8) is 0 Å². The van der Waals surface area contributed by atoms with Crippen LogP contribution in [0.2, 0.25) is 0 Å². The van der Waals surface area contributed by atoms with Crippen LogP contribution in [0.5, 0.6) is 0 Å². The molecule has 1 saturated carbocycles. The molecule has 0 aromatic heterocycles. The van der Waals surface area contributed by atoms with Crippen molar-refractivity contribution < 1.29 is 27.1 Å². The first-order chi connectivity index (χ1) is 9.90. The third kappa shape index (κ3) is 4.36. The summed E-state index contributed by atoms with van der Waals surface area (Å²) in [5, 5.41) is 0. The van der Waals surface area contributed by atoms with Crippen molar-refractivity contribution in [1.82, 2.24) is 0 Å². The van der Waals surface area contributed by atoms with Crippen LogP contribution in [-0.4, -0.2) is 18.2 Å². The Balaban J connectivity index is 2.82. The van der Waals surface area contributed by atoms with Gasteiger partial charge in [-0.05, 0) is 25.2 Å². The molecule has 1 fully saturated rings. The molecule has 22 heavy (non-hydrogen) atoms. The quantitative estimate of drug-likeness (QED) is 0.336. The van der Waals surface area contributed by atoms with E-state index in [1.54, 1.807) is 5.92 Å². The molecular weight excluding hydrogens is 300 g/mol. The minimum absolute atomic E-state index is 0.0990. The molecule has 122 valence electrons. The molecule has 0 amide bonds. The van der Waals surface area contributed by atoms with Crippen molar-refractivity contribution in [2.45, 2.75) is 40.0 Å². The maximum atomic E-state index is 13.4. The molecule has 6 heteroatoms. The Morgan fingerprint density at radius 2 is 1.91 bits per heavy atom. The van der Waals surface area contributed by atoms with Crippen molar-refractivity contribution in [1.29, 1.82) is 0 Å². The summed E-state index contributed by atoms with van der Waals surface area (Å²) in [5.74, 6) is -1.42. The van der Waals surface area contributed by atoms with Gasteiger partial charge in [0.1, 0.15) is 0 Å². The summed E-state index contributed by atoms with van der Waals surface area (Å²) in [6.07, 6.45) is -0.582. The number of esters is 1. The Morgan fingerprint density at radius 3 is 2.32 bits per heavy atom. The molecule has 0 saturated heterocycles. The predicted octanol–water partition coefficient (Wildman–Crippen LogP) is 4.19. The topological polar surface area (TPSA) is 26.3 Å². The number of alkyl halides is 3. The molecule has 0 N–H and O–H groups in total. The summed E-state index contributed by atoms with van der Waals surface area (Å²) in [6.45, 7) is 7.39. The van der Waals surface area contributed by atoms with Gasteiger partial charge in [-0.3, -0.25) is 4.79 Å². The molecule has 0 bridgehead atoms. The number of rotatable bonds is 4. The van der Waals surface area contributed by atoms with Crippen molar-refractivity contribution in [3.8, 4) is 12.3 Å². The van der Waals surface area contributed by atoms with Gasteiger partial charge in [0.05, 0.1) is 12.0 Å². The Labute approximate surface area is 127 Å². The number of carbonyl (C=O) groups excluding carboxylic acids is 1. The SMILES string of the molecule is C#CC(OC(=O)C1C(C=C(C)C)C1(C)C)C(F)=CC(F)(F)F. The van der Waals surface area contributed by atoms with Crippen LogP contribution in [0.3, 0.4) is 0 Å². The van der Waals surface area contributed by atoms with E-state index in [1.165, 1.54) is 0 Å². The fourth-order valence-corrected chi connectivity index (χ4v) is 2.39. The van der Waals surface area contributed by atoms with Crippen LogP contribution in [-0.2, 0) is 9.53 Å². The van der Waals surface area contributed by atoms with Gasteiger partial charge >= 0.3 is 12.1 Å². The standard InChI is InChI=1S/C16H18F4O2/c1-6-12(11(17)8-16(18,19)20)22-14(21)13-10(7-9(2)3)15(13,4)5/h1,7-8,10,12-13H,2-5H3. The molecule has 1 rings (SSSR count). The monoisotopic (exact) mass is 318 g/mol. The maximum Gasteiger partial charge on any atom is 0.412 e. The summed E-state index contributed by atoms with van der Waals surface area (Å²) in [6, 6.07) is 0. The average Bonchev–Trinajstić information content (AvgIpc) is 2.84. The lowest BCUT2D eigenvalue weighted by atomic mass is 10.1. The van der Waals surface area contributed by atoms with Crippen LogP contribution in [0, 0.1) is 29.6 Å². The van der Waals surface area contributed by atoms with Gasteiger partial charge in [0, 0.05) is 0 Å². The number of terminal acetylenes is 1. The minimum Gasteiger partial charge on any atom is -0.441 e. The third-order valence-corrected chi connectivity index (χ3v) is 3.61. The number of halogens is 4. The lowest BCUT2D eigenvalue weighted by Crippen LogP contribution is -2.21. The van der Waals surface area contributed by atoms with Crippen molar-refractivity contribution in [3.05, 3.63) is 23.6 Å². The zero-order chi connectivity index (χ0) is 17.3. The van der Waals surface area contributed by atoms with Gasteiger partial charge in [-0.2, -0.15) is 13.2 Å². The van der Waals surface area contributed by atoms with Crippen LogP contribution in [0.1, 0.15) is 27.7 Å². The van der Waals surface area contributed by atoms with Gasteiger partial charge in [0.15, 0.2) is 5.83 Å². The number of carbonyl (C=O) groups is 1. The number of hydrogen-bond acceptors (Lipinski definition) is 2. The largest absolute Gasteiger partial charge is 0.441 e. The van der Waals surface area contributed by atoms with Gasteiger partial charge in [-0.15, -0.1) is 6.42 Å². The van der Waals surface area contributed by atoms with E-state index < -0.39 is 41.5 Å². The van der Waals surface area contributed by atoms with E-state index in [0.29, 0.717) is 0 Å². The lowest BCUT2D eigenvalue weighted by molar-refractivity contribution is -0.148. The molecule has 0 aromatic carbocycles. The second kappa shape index (κ2) is 6.15. The first kappa shape index (κ1) is 18.3. The van der Waals surface area contributed by atoms with Gasteiger partial charge in [0.2, 0.25) is 6.10 Å². The summed E-state index contributed by atoms with van der Waals surface area (Å²) in [5.41, 5.74) is 0.613. The number of allylic oxidation sites excluding steroid dienone is 3. The van der Waals surface area contributed by atoms with Gasteiger partial charge < -0.3 is 4.74 Å². The summed E-state index contributed by atoms with van der Waals surface area (Å²) >= 11 is 0. The van der Waals surface area contributed by atoms with E-state index in [0.717, 1.165) is 5.57 Å². The average molecular weight is 318 g/mol. The van der Waals surface area contributed by atoms with E-state index in [9.17, 15) is 22.4 Å². The smallest absolute Gasteiger partial charge is 0.412 e. The second-order valence-electron chi connectivity index (χ2n) is 6.12. The minimum atomic E-state index is -4.87. The molecule has 2 nitrogen and oxygen atoms in total. The fourth-order valence-electron chi connectivity index (χ4n) is 2.39. The van der Waals surface area contributed by atoms with Gasteiger partial charge in [-0.1, -0.05) is 31.4 Å². The van der Waals surface area contributed by atoms with Gasteiger partial charge in [-0.25, -0.2) is 4.39 Å². The molecule has 3 unspecified atom stereocenters. The molecule has 0 radical (unpaired) electrons. The molecule has 0 aromatic rings. The van der Waals surface area contributed by atoms with Crippen LogP contribution in [0.25, 0.3) is 0 Å². The molecule has 0 heterocycles. The fraction of sp³-hybridized carbons (Fsp3) is 0.562. The highest BCUT2D eigenvalue weighted by Crippen LogP contribution is 2.60. The molecule has 3 atom stereocenters. The van der Waals surface area contributed by atoms with E-state index >= 15 is 0 Å². The zero-order valence-electron chi connectivity index (χ0n) is 12.8. The van der Waals surface area contributed by atoms with Crippen LogP contribution < -0.4 is 0 Å². The summed E-state index contributed by atoms with van der Waals surface area (Å²) in [4.78, 5) is 12.0. The molecule has 0 aliphatic heterocycles. The molecule has 0 spiro atoms. The van der Waals surface area contributed by atoms with Gasteiger partial charge in [0.25, 0.3) is 0 Å². The molecular formula is C16H18F4O2. The van der Waals surface area contributed by atoms with E-state index in [-0.39, 0.29) is 5.92 Å². The highest BCUT2D eigenvalue weighted by atomic mass is 19.4. The molecule has 1 aliphatic rings. The molecule has 1 aliphatic carbocycles. The van der Waals surface area contributed by atoms with Crippen molar-refractivity contribution in [2.75, 3.05) is 0 Å². The Bertz CT molecular complexity index is 545. The first-order valence-electron chi connectivity index (χ1n) is 6.66. The van der Waals surface area contributed by atoms with Crippen molar-refractivity contribution in [2.24, 2.45) is 17.3 Å². The Hall–Kier alpha value is -1.77. The van der Waals surface area contributed by atoms with Crippen LogP contribution >= 0.6 is 0 Å². The number of ether oxygens (including phenoxy) is 1. The number of hydrogen-bond donors (Lipinski definition) is 0. The zero-order valence-corrected chi connectivity index (χ0v) is 12.8. The Kier molecular flexibility index (Phi) is 5.11. The van der Waals surface area contributed by atoms with E-state index in [2.05, 4.69) is 0 Å². The summed E-state index contributed by atoms with van der Waals surface area (Å²) in [7, 11) is 0. The van der Waals surface area contributed by atoms with Crippen molar-refractivity contribution >= 4 is 5.97 Å². The summed E-state index contributed by atoms with van der Waals surface area (Å²) < 4.78 is 54.5. The highest BCUT2D eigenvalue weighted by molar-refractivity contribution is 5.79.